The molecule has 0 amide bonds. The molecule has 17 heavy (non-hydrogen) atoms. The van der Waals surface area contributed by atoms with E-state index in [0.717, 1.165) is 5.52 Å². The lowest BCUT2D eigenvalue weighted by molar-refractivity contribution is 0.172. The zero-order valence-corrected chi connectivity index (χ0v) is 9.01. The van der Waals surface area contributed by atoms with Crippen molar-refractivity contribution >= 4 is 17.0 Å². The van der Waals surface area contributed by atoms with E-state index in [-0.39, 0.29) is 6.54 Å². The van der Waals surface area contributed by atoms with E-state index in [1.807, 2.05) is 6.07 Å². The molecular formula is C11H10N4O2. The second-order valence-corrected chi connectivity index (χ2v) is 3.70. The normalized spacial score (nSPS) is 13.6. The van der Waals surface area contributed by atoms with Gasteiger partial charge in [-0.25, -0.2) is 4.98 Å². The summed E-state index contributed by atoms with van der Waals surface area (Å²) >= 11 is 0. The molecule has 1 aromatic heterocycles. The Bertz CT molecular complexity index is 626. The van der Waals surface area contributed by atoms with Crippen LogP contribution >= 0.6 is 0 Å². The van der Waals surface area contributed by atoms with Crippen molar-refractivity contribution in [1.82, 2.24) is 9.55 Å². The number of hydrogen-bond acceptors (Lipinski definition) is 5. The van der Waals surface area contributed by atoms with Crippen molar-refractivity contribution in [2.75, 3.05) is 18.9 Å². The first-order chi connectivity index (χ1) is 8.29. The molecule has 0 radical (unpaired) electrons. The van der Waals surface area contributed by atoms with E-state index in [9.17, 15) is 0 Å². The standard InChI is InChI=1S/C11H10N4O2/c12-1-2-15-8-6-10-9(16-3-4-17-10)5-7(8)14-11(15)13/h5-6H,2-4H2,(H2,13,14). The molecule has 0 unspecified atom stereocenters. The molecule has 0 fully saturated rings. The van der Waals surface area contributed by atoms with Crippen LogP contribution in [0, 0.1) is 11.3 Å². The molecule has 3 rings (SSSR count). The molecule has 1 aromatic carbocycles. The lowest BCUT2D eigenvalue weighted by Crippen LogP contribution is -2.15. The third kappa shape index (κ3) is 1.44. The summed E-state index contributed by atoms with van der Waals surface area (Å²) in [4.78, 5) is 4.19. The summed E-state index contributed by atoms with van der Waals surface area (Å²) in [6, 6.07) is 5.65. The van der Waals surface area contributed by atoms with E-state index >= 15 is 0 Å². The first-order valence-corrected chi connectivity index (χ1v) is 5.22. The fourth-order valence-corrected chi connectivity index (χ4v) is 1.92. The minimum Gasteiger partial charge on any atom is -0.486 e. The number of hydrogen-bond donors (Lipinski definition) is 1. The van der Waals surface area contributed by atoms with Gasteiger partial charge in [0.15, 0.2) is 11.5 Å². The van der Waals surface area contributed by atoms with Crippen molar-refractivity contribution in [3.05, 3.63) is 12.1 Å². The van der Waals surface area contributed by atoms with Crippen molar-refractivity contribution in [3.63, 3.8) is 0 Å². The zero-order valence-electron chi connectivity index (χ0n) is 9.01. The first kappa shape index (κ1) is 9.78. The van der Waals surface area contributed by atoms with Gasteiger partial charge in [-0.05, 0) is 0 Å². The Kier molecular flexibility index (Phi) is 2.05. The summed E-state index contributed by atoms with van der Waals surface area (Å²) in [6.45, 7) is 1.23. The molecule has 1 aliphatic rings. The first-order valence-electron chi connectivity index (χ1n) is 5.22. The highest BCUT2D eigenvalue weighted by Crippen LogP contribution is 2.34. The molecule has 2 heterocycles. The Morgan fingerprint density at radius 2 is 2.06 bits per heavy atom. The fraction of sp³-hybridized carbons (Fsp3) is 0.273. The molecule has 1 aliphatic heterocycles. The Labute approximate surface area is 97.2 Å². The molecule has 0 atom stereocenters. The maximum absolute atomic E-state index is 8.75. The van der Waals surface area contributed by atoms with E-state index < -0.39 is 0 Å². The third-order valence-electron chi connectivity index (χ3n) is 2.67. The van der Waals surface area contributed by atoms with Gasteiger partial charge >= 0.3 is 0 Å². The van der Waals surface area contributed by atoms with Gasteiger partial charge in [0.05, 0.1) is 17.1 Å². The summed E-state index contributed by atoms with van der Waals surface area (Å²) < 4.78 is 12.6. The minimum atomic E-state index is 0.169. The Balaban J connectivity index is 2.24. The van der Waals surface area contributed by atoms with E-state index in [1.165, 1.54) is 0 Å². The van der Waals surface area contributed by atoms with Gasteiger partial charge in [-0.2, -0.15) is 5.26 Å². The average Bonchev–Trinajstić information content (AvgIpc) is 2.63. The topological polar surface area (TPSA) is 86.1 Å². The van der Waals surface area contributed by atoms with Gasteiger partial charge in [-0.15, -0.1) is 0 Å². The highest BCUT2D eigenvalue weighted by Gasteiger charge is 2.16. The van der Waals surface area contributed by atoms with Crippen LogP contribution in [0.25, 0.3) is 11.0 Å². The minimum absolute atomic E-state index is 0.169. The Morgan fingerprint density at radius 3 is 2.76 bits per heavy atom. The molecule has 2 N–H and O–H groups in total. The van der Waals surface area contributed by atoms with Crippen LogP contribution in [0.15, 0.2) is 12.1 Å². The largest absolute Gasteiger partial charge is 0.486 e. The maximum atomic E-state index is 8.75. The van der Waals surface area contributed by atoms with Crippen LogP contribution in [0.3, 0.4) is 0 Å². The molecule has 6 heteroatoms. The number of ether oxygens (including phenoxy) is 2. The maximum Gasteiger partial charge on any atom is 0.202 e. The SMILES string of the molecule is N#CCn1c(N)nc2cc3c(cc21)OCCO3. The smallest absolute Gasteiger partial charge is 0.202 e. The number of nitrogens with two attached hydrogens (primary N) is 1. The van der Waals surface area contributed by atoms with Crippen molar-refractivity contribution in [1.29, 1.82) is 5.26 Å². The van der Waals surface area contributed by atoms with Crippen molar-refractivity contribution in [2.45, 2.75) is 6.54 Å². The molecule has 0 spiro atoms. The lowest BCUT2D eigenvalue weighted by Gasteiger charge is -2.18. The number of nitriles is 1. The molecule has 0 saturated heterocycles. The van der Waals surface area contributed by atoms with Gasteiger partial charge in [0, 0.05) is 12.1 Å². The number of aromatic nitrogens is 2. The summed E-state index contributed by atoms with van der Waals surface area (Å²) in [7, 11) is 0. The lowest BCUT2D eigenvalue weighted by atomic mass is 10.2. The van der Waals surface area contributed by atoms with Crippen molar-refractivity contribution in [2.24, 2.45) is 0 Å². The molecule has 0 aliphatic carbocycles. The quantitative estimate of drug-likeness (QED) is 0.787. The second kappa shape index (κ2) is 3.56. The number of nitrogen functional groups attached to an aromatic ring is 1. The van der Waals surface area contributed by atoms with Crippen LogP contribution in [0.2, 0.25) is 0 Å². The van der Waals surface area contributed by atoms with Gasteiger partial charge in [0.2, 0.25) is 5.95 Å². The van der Waals surface area contributed by atoms with Crippen molar-refractivity contribution in [3.8, 4) is 17.6 Å². The monoisotopic (exact) mass is 230 g/mol. The number of anilines is 1. The molecule has 86 valence electrons. The molecule has 0 saturated carbocycles. The van der Waals surface area contributed by atoms with Crippen LogP contribution in [-0.2, 0) is 6.54 Å². The summed E-state index contributed by atoms with van der Waals surface area (Å²) in [6.07, 6.45) is 0. The van der Waals surface area contributed by atoms with Gasteiger partial charge in [0.1, 0.15) is 19.8 Å². The fourth-order valence-electron chi connectivity index (χ4n) is 1.92. The third-order valence-corrected chi connectivity index (χ3v) is 2.67. The second-order valence-electron chi connectivity index (χ2n) is 3.70. The Hall–Kier alpha value is -2.42. The highest BCUT2D eigenvalue weighted by molar-refractivity contribution is 5.82. The molecule has 6 nitrogen and oxygen atoms in total. The summed E-state index contributed by atoms with van der Waals surface area (Å²) in [5.41, 5.74) is 7.25. The number of rotatable bonds is 1. The van der Waals surface area contributed by atoms with Crippen LogP contribution in [0.4, 0.5) is 5.95 Å². The molecule has 0 bridgehead atoms. The molecular weight excluding hydrogens is 220 g/mol. The zero-order chi connectivity index (χ0) is 11.8. The van der Waals surface area contributed by atoms with Crippen LogP contribution in [-0.4, -0.2) is 22.8 Å². The van der Waals surface area contributed by atoms with Crippen LogP contribution < -0.4 is 15.2 Å². The van der Waals surface area contributed by atoms with E-state index in [1.54, 1.807) is 10.6 Å². The van der Waals surface area contributed by atoms with E-state index in [2.05, 4.69) is 11.1 Å². The number of fused-ring (bicyclic) bond motifs is 2. The van der Waals surface area contributed by atoms with E-state index in [0.29, 0.717) is 36.2 Å². The van der Waals surface area contributed by atoms with Crippen LogP contribution in [0.5, 0.6) is 11.5 Å². The number of benzene rings is 1. The summed E-state index contributed by atoms with van der Waals surface area (Å²) in [5.74, 6) is 1.66. The van der Waals surface area contributed by atoms with Gasteiger partial charge < -0.3 is 15.2 Å². The summed E-state index contributed by atoms with van der Waals surface area (Å²) in [5, 5.41) is 8.75. The average molecular weight is 230 g/mol. The highest BCUT2D eigenvalue weighted by atomic mass is 16.6. The molecule has 2 aromatic rings. The number of nitrogens with zero attached hydrogens (tertiary/aromatic N) is 3. The van der Waals surface area contributed by atoms with Gasteiger partial charge in [0.25, 0.3) is 0 Å². The van der Waals surface area contributed by atoms with Gasteiger partial charge in [-0.1, -0.05) is 0 Å². The number of imidazole rings is 1. The predicted molar refractivity (Wildman–Crippen MR) is 60.7 cm³/mol. The van der Waals surface area contributed by atoms with Gasteiger partial charge in [-0.3, -0.25) is 4.57 Å². The van der Waals surface area contributed by atoms with E-state index in [4.69, 9.17) is 20.5 Å². The van der Waals surface area contributed by atoms with Crippen LogP contribution in [0.1, 0.15) is 0 Å². The van der Waals surface area contributed by atoms with Crippen molar-refractivity contribution < 1.29 is 9.47 Å². The predicted octanol–water partition coefficient (Wildman–Crippen LogP) is 0.913. The Morgan fingerprint density at radius 1 is 1.35 bits per heavy atom.